The smallest absolute Gasteiger partial charge is 0.410 e. The molecule has 31 heavy (non-hydrogen) atoms. The highest BCUT2D eigenvalue weighted by atomic mass is 28.4. The van der Waals surface area contributed by atoms with Gasteiger partial charge in [-0.05, 0) is 77.3 Å². The van der Waals surface area contributed by atoms with Crippen molar-refractivity contribution in [3.8, 4) is 0 Å². The van der Waals surface area contributed by atoms with Gasteiger partial charge in [0.1, 0.15) is 5.60 Å². The van der Waals surface area contributed by atoms with Crippen LogP contribution in [0.1, 0.15) is 82.6 Å². The van der Waals surface area contributed by atoms with E-state index in [0.29, 0.717) is 6.61 Å². The third-order valence-corrected chi connectivity index (χ3v) is 16.4. The predicted octanol–water partition coefficient (Wildman–Crippen LogP) is 7.43. The number of likely N-dealkylation sites (N-methyl/N-ethyl adjacent to an activating group) is 1. The lowest BCUT2D eigenvalue weighted by Gasteiger charge is -2.42. The molecular weight excluding hydrogens is 422 g/mol. The Balaban J connectivity index is 5.72. The fourth-order valence-electron chi connectivity index (χ4n) is 4.28. The summed E-state index contributed by atoms with van der Waals surface area (Å²) in [6.07, 6.45) is 0.442. The van der Waals surface area contributed by atoms with E-state index >= 15 is 0 Å². The maximum atomic E-state index is 12.9. The summed E-state index contributed by atoms with van der Waals surface area (Å²) in [6.45, 7) is 24.1. The topological polar surface area (TPSA) is 48.0 Å². The molecule has 0 aliphatic heterocycles. The summed E-state index contributed by atoms with van der Waals surface area (Å²) in [5, 5.41) is 0. The molecule has 0 aliphatic rings. The van der Waals surface area contributed by atoms with Gasteiger partial charge in [-0.2, -0.15) is 0 Å². The van der Waals surface area contributed by atoms with Crippen LogP contribution < -0.4 is 0 Å². The molecule has 0 saturated heterocycles. The Kier molecular flexibility index (Phi) is 12.6. The number of hydrogen-bond donors (Lipinski definition) is 0. The fourth-order valence-corrected chi connectivity index (χ4v) is 10.1. The second kappa shape index (κ2) is 12.8. The highest BCUT2D eigenvalue weighted by Crippen LogP contribution is 2.32. The van der Waals surface area contributed by atoms with Crippen LogP contribution in [0.5, 0.6) is 0 Å². The molecule has 0 rings (SSSR count). The molecule has 0 N–H and O–H groups in total. The van der Waals surface area contributed by atoms with Crippen LogP contribution in [-0.4, -0.2) is 58.5 Å². The van der Waals surface area contributed by atoms with Gasteiger partial charge in [0, 0.05) is 7.05 Å². The van der Waals surface area contributed by atoms with E-state index in [1.165, 1.54) is 0 Å². The van der Waals surface area contributed by atoms with E-state index in [4.69, 9.17) is 13.6 Å². The van der Waals surface area contributed by atoms with Gasteiger partial charge in [-0.25, -0.2) is 4.79 Å². The Hall–Kier alpha value is -0.376. The lowest BCUT2D eigenvalue weighted by molar-refractivity contribution is 0.000179. The van der Waals surface area contributed by atoms with Crippen molar-refractivity contribution in [2.45, 2.75) is 136 Å². The molecule has 1 atom stereocenters. The lowest BCUT2D eigenvalue weighted by atomic mass is 9.99. The van der Waals surface area contributed by atoms with Gasteiger partial charge in [0.2, 0.25) is 0 Å². The molecule has 0 aromatic carbocycles. The van der Waals surface area contributed by atoms with E-state index in [-0.39, 0.29) is 17.7 Å². The summed E-state index contributed by atoms with van der Waals surface area (Å²) in [5.74, 6) is 0. The molecule has 5 nitrogen and oxygen atoms in total. The van der Waals surface area contributed by atoms with Gasteiger partial charge in [0.25, 0.3) is 0 Å². The Morgan fingerprint density at radius 1 is 0.806 bits per heavy atom. The second-order valence-electron chi connectivity index (χ2n) is 10.6. The molecule has 0 unspecified atom stereocenters. The third-order valence-electron chi connectivity index (χ3n) is 6.90. The highest BCUT2D eigenvalue weighted by Gasteiger charge is 2.39. The first-order chi connectivity index (χ1) is 14.2. The number of ether oxygens (including phenoxy) is 1. The molecule has 0 radical (unpaired) electrons. The van der Waals surface area contributed by atoms with Crippen molar-refractivity contribution < 1.29 is 18.4 Å². The third kappa shape index (κ3) is 9.97. The van der Waals surface area contributed by atoms with Gasteiger partial charge < -0.3 is 18.5 Å². The number of amides is 1. The number of hydrogen-bond acceptors (Lipinski definition) is 4. The van der Waals surface area contributed by atoms with Gasteiger partial charge in [-0.1, -0.05) is 41.5 Å². The van der Waals surface area contributed by atoms with Gasteiger partial charge >= 0.3 is 6.09 Å². The van der Waals surface area contributed by atoms with Crippen LogP contribution in [0.4, 0.5) is 4.79 Å². The normalized spacial score (nSPS) is 14.5. The second-order valence-corrected chi connectivity index (χ2v) is 20.1. The predicted molar refractivity (Wildman–Crippen MR) is 138 cm³/mol. The standard InChI is InChI=1S/C24H53NO4Si2/c1-13-30(14-2,15-3)27-20-21(25(12)22(26)28-23(7,8)9)19-24(10,11)29-31(16-4,17-5)18-6/h21H,13-20H2,1-12H3/t21-/m0/s1. The monoisotopic (exact) mass is 475 g/mol. The van der Waals surface area contributed by atoms with Crippen LogP contribution in [0.15, 0.2) is 0 Å². The fraction of sp³-hybridized carbons (Fsp3) is 0.958. The van der Waals surface area contributed by atoms with Crippen molar-refractivity contribution in [2.75, 3.05) is 13.7 Å². The number of rotatable bonds is 14. The summed E-state index contributed by atoms with van der Waals surface area (Å²) < 4.78 is 19.2. The first-order valence-electron chi connectivity index (χ1n) is 12.5. The van der Waals surface area contributed by atoms with Gasteiger partial charge in [0.05, 0.1) is 18.2 Å². The summed E-state index contributed by atoms with van der Waals surface area (Å²) in [4.78, 5) is 14.6. The maximum absolute atomic E-state index is 12.9. The summed E-state index contributed by atoms with van der Waals surface area (Å²) in [7, 11) is -1.69. The molecule has 1 amide bonds. The maximum Gasteiger partial charge on any atom is 0.410 e. The van der Waals surface area contributed by atoms with E-state index in [0.717, 1.165) is 42.7 Å². The van der Waals surface area contributed by atoms with E-state index in [1.54, 1.807) is 4.90 Å². The molecule has 0 heterocycles. The SMILES string of the molecule is CC[Si](CC)(CC)OC[C@H](CC(C)(C)O[Si](CC)(CC)CC)N(C)C(=O)OC(C)(C)C. The molecule has 0 spiro atoms. The van der Waals surface area contributed by atoms with Crippen LogP contribution in [-0.2, 0) is 13.6 Å². The summed E-state index contributed by atoms with van der Waals surface area (Å²) >= 11 is 0. The first kappa shape index (κ1) is 30.6. The molecule has 0 aromatic heterocycles. The first-order valence-corrected chi connectivity index (χ1v) is 17.5. The summed E-state index contributed by atoms with van der Waals surface area (Å²) in [5.41, 5.74) is -0.848. The molecule has 0 fully saturated rings. The van der Waals surface area contributed by atoms with Crippen molar-refractivity contribution in [1.29, 1.82) is 0 Å². The Morgan fingerprint density at radius 3 is 1.58 bits per heavy atom. The van der Waals surface area contributed by atoms with E-state index in [2.05, 4.69) is 55.4 Å². The lowest BCUT2D eigenvalue weighted by Crippen LogP contribution is -2.51. The number of carbonyl (C=O) groups is 1. The minimum absolute atomic E-state index is 0.0846. The van der Waals surface area contributed by atoms with Crippen molar-refractivity contribution in [3.05, 3.63) is 0 Å². The molecule has 0 saturated carbocycles. The van der Waals surface area contributed by atoms with Crippen molar-refractivity contribution in [2.24, 2.45) is 0 Å². The Labute approximate surface area is 195 Å². The highest BCUT2D eigenvalue weighted by molar-refractivity contribution is 6.74. The van der Waals surface area contributed by atoms with Crippen molar-refractivity contribution in [3.63, 3.8) is 0 Å². The number of nitrogens with zero attached hydrogens (tertiary/aromatic N) is 1. The molecule has 0 aromatic rings. The average Bonchev–Trinajstić information content (AvgIpc) is 2.70. The van der Waals surface area contributed by atoms with Crippen LogP contribution in [0, 0.1) is 0 Å². The Bertz CT molecular complexity index is 510. The van der Waals surface area contributed by atoms with E-state index < -0.39 is 22.2 Å². The van der Waals surface area contributed by atoms with Crippen molar-refractivity contribution in [1.82, 2.24) is 4.90 Å². The van der Waals surface area contributed by atoms with Gasteiger partial charge in [0.15, 0.2) is 16.6 Å². The molecule has 0 aliphatic carbocycles. The van der Waals surface area contributed by atoms with Crippen molar-refractivity contribution >= 4 is 22.7 Å². The molecule has 186 valence electrons. The van der Waals surface area contributed by atoms with E-state index in [1.807, 2.05) is 27.8 Å². The molecular formula is C24H53NO4Si2. The van der Waals surface area contributed by atoms with Crippen LogP contribution in [0.2, 0.25) is 36.3 Å². The minimum Gasteiger partial charge on any atom is -0.444 e. The van der Waals surface area contributed by atoms with E-state index in [9.17, 15) is 4.79 Å². The summed E-state index contributed by atoms with van der Waals surface area (Å²) in [6, 6.07) is 6.55. The Morgan fingerprint density at radius 2 is 1.23 bits per heavy atom. The zero-order chi connectivity index (χ0) is 24.5. The zero-order valence-electron chi connectivity index (χ0n) is 22.8. The van der Waals surface area contributed by atoms with Gasteiger partial charge in [-0.3, -0.25) is 0 Å². The quantitative estimate of drug-likeness (QED) is 0.245. The van der Waals surface area contributed by atoms with Gasteiger partial charge in [-0.15, -0.1) is 0 Å². The van der Waals surface area contributed by atoms with Crippen LogP contribution in [0.25, 0.3) is 0 Å². The zero-order valence-corrected chi connectivity index (χ0v) is 24.8. The van der Waals surface area contributed by atoms with Crippen LogP contribution >= 0.6 is 0 Å². The largest absolute Gasteiger partial charge is 0.444 e. The molecule has 0 bridgehead atoms. The average molecular weight is 476 g/mol. The molecule has 7 heteroatoms. The minimum atomic E-state index is -1.77. The van der Waals surface area contributed by atoms with Crippen LogP contribution in [0.3, 0.4) is 0 Å². The number of carbonyl (C=O) groups excluding carboxylic acids is 1.